The first kappa shape index (κ1) is 8.98. The zero-order chi connectivity index (χ0) is 8.81. The van der Waals surface area contributed by atoms with Gasteiger partial charge in [-0.05, 0) is 30.5 Å². The van der Waals surface area contributed by atoms with E-state index in [0.29, 0.717) is 5.92 Å². The molecule has 1 N–H and O–H groups in total. The summed E-state index contributed by atoms with van der Waals surface area (Å²) in [5.41, 5.74) is 1.37. The predicted molar refractivity (Wildman–Crippen MR) is 52.7 cm³/mol. The number of nitrogens with one attached hydrogen (secondary N) is 1. The highest BCUT2D eigenvalue weighted by Crippen LogP contribution is 2.07. The van der Waals surface area contributed by atoms with Gasteiger partial charge >= 0.3 is 0 Å². The summed E-state index contributed by atoms with van der Waals surface area (Å²) < 4.78 is 0. The van der Waals surface area contributed by atoms with Crippen LogP contribution in [0.1, 0.15) is 18.9 Å². The molecule has 1 heteroatoms. The SMILES string of the molecule is CC(C=N)CCc1ccccc1. The molecule has 0 aliphatic heterocycles. The molecule has 1 atom stereocenters. The summed E-state index contributed by atoms with van der Waals surface area (Å²) in [5, 5.41) is 7.05. The Kier molecular flexibility index (Phi) is 3.52. The normalized spacial score (nSPS) is 12.4. The monoisotopic (exact) mass is 161 g/mol. The van der Waals surface area contributed by atoms with Crippen LogP contribution in [0.4, 0.5) is 0 Å². The molecule has 0 saturated heterocycles. The van der Waals surface area contributed by atoms with Crippen molar-refractivity contribution >= 4 is 6.21 Å². The Morgan fingerprint density at radius 2 is 2.00 bits per heavy atom. The Hall–Kier alpha value is -1.11. The van der Waals surface area contributed by atoms with Crippen LogP contribution in [0.2, 0.25) is 0 Å². The molecule has 1 unspecified atom stereocenters. The summed E-state index contributed by atoms with van der Waals surface area (Å²) in [7, 11) is 0. The number of rotatable bonds is 4. The van der Waals surface area contributed by atoms with E-state index in [4.69, 9.17) is 5.41 Å². The molecule has 64 valence electrons. The van der Waals surface area contributed by atoms with Crippen LogP contribution in [-0.4, -0.2) is 6.21 Å². The van der Waals surface area contributed by atoms with Crippen molar-refractivity contribution in [3.63, 3.8) is 0 Å². The number of hydrogen-bond acceptors (Lipinski definition) is 1. The van der Waals surface area contributed by atoms with Crippen molar-refractivity contribution in [2.24, 2.45) is 5.92 Å². The predicted octanol–water partition coefficient (Wildman–Crippen LogP) is 2.90. The van der Waals surface area contributed by atoms with Gasteiger partial charge in [0.2, 0.25) is 0 Å². The lowest BCUT2D eigenvalue weighted by Crippen LogP contribution is -1.97. The van der Waals surface area contributed by atoms with Gasteiger partial charge in [0.25, 0.3) is 0 Å². The van der Waals surface area contributed by atoms with Crippen LogP contribution in [0.25, 0.3) is 0 Å². The minimum Gasteiger partial charge on any atom is -0.313 e. The fourth-order valence-corrected chi connectivity index (χ4v) is 1.12. The van der Waals surface area contributed by atoms with Crippen LogP contribution in [0.5, 0.6) is 0 Å². The van der Waals surface area contributed by atoms with Gasteiger partial charge in [-0.2, -0.15) is 0 Å². The van der Waals surface area contributed by atoms with Gasteiger partial charge < -0.3 is 5.41 Å². The minimum absolute atomic E-state index is 0.408. The third-order valence-electron chi connectivity index (χ3n) is 2.02. The molecule has 1 nitrogen and oxygen atoms in total. The quantitative estimate of drug-likeness (QED) is 0.656. The maximum absolute atomic E-state index is 7.05. The smallest absolute Gasteiger partial charge is 0.00194 e. The summed E-state index contributed by atoms with van der Waals surface area (Å²) in [6, 6.07) is 10.4. The second kappa shape index (κ2) is 4.70. The molecule has 0 aromatic heterocycles. The van der Waals surface area contributed by atoms with Crippen LogP contribution in [-0.2, 0) is 6.42 Å². The lowest BCUT2D eigenvalue weighted by molar-refractivity contribution is 0.691. The molecule has 0 radical (unpaired) electrons. The van der Waals surface area contributed by atoms with Gasteiger partial charge in [0.15, 0.2) is 0 Å². The van der Waals surface area contributed by atoms with E-state index < -0.39 is 0 Å². The Morgan fingerprint density at radius 3 is 2.58 bits per heavy atom. The van der Waals surface area contributed by atoms with Crippen molar-refractivity contribution in [1.29, 1.82) is 5.41 Å². The molecular weight excluding hydrogens is 146 g/mol. The Bertz CT molecular complexity index is 228. The van der Waals surface area contributed by atoms with Gasteiger partial charge in [-0.25, -0.2) is 0 Å². The lowest BCUT2D eigenvalue weighted by atomic mass is 10.0. The maximum Gasteiger partial charge on any atom is -0.00194 e. The third-order valence-corrected chi connectivity index (χ3v) is 2.02. The largest absolute Gasteiger partial charge is 0.313 e. The average molecular weight is 161 g/mol. The van der Waals surface area contributed by atoms with Crippen LogP contribution in [0.3, 0.4) is 0 Å². The van der Waals surface area contributed by atoms with Crippen molar-refractivity contribution in [2.45, 2.75) is 19.8 Å². The second-order valence-electron chi connectivity index (χ2n) is 3.17. The maximum atomic E-state index is 7.05. The van der Waals surface area contributed by atoms with Gasteiger partial charge in [-0.3, -0.25) is 0 Å². The molecule has 1 aromatic rings. The standard InChI is InChI=1S/C11H15N/c1-10(9-12)7-8-11-5-3-2-4-6-11/h2-6,9-10,12H,7-8H2,1H3. The summed E-state index contributed by atoms with van der Waals surface area (Å²) in [6.07, 6.45) is 3.67. The Balaban J connectivity index is 2.38. The molecular formula is C11H15N. The molecule has 0 aliphatic rings. The van der Waals surface area contributed by atoms with Crippen LogP contribution < -0.4 is 0 Å². The van der Waals surface area contributed by atoms with Gasteiger partial charge in [-0.1, -0.05) is 37.3 Å². The summed E-state index contributed by atoms with van der Waals surface area (Å²) >= 11 is 0. The Labute approximate surface area is 73.9 Å². The van der Waals surface area contributed by atoms with E-state index in [1.54, 1.807) is 0 Å². The molecule has 0 heterocycles. The van der Waals surface area contributed by atoms with E-state index in [1.165, 1.54) is 11.8 Å². The van der Waals surface area contributed by atoms with Crippen molar-refractivity contribution in [3.8, 4) is 0 Å². The van der Waals surface area contributed by atoms with E-state index in [9.17, 15) is 0 Å². The van der Waals surface area contributed by atoms with Crippen LogP contribution in [0, 0.1) is 11.3 Å². The van der Waals surface area contributed by atoms with E-state index in [0.717, 1.165) is 12.8 Å². The minimum atomic E-state index is 0.408. The molecule has 1 rings (SSSR count). The van der Waals surface area contributed by atoms with Crippen molar-refractivity contribution < 1.29 is 0 Å². The molecule has 12 heavy (non-hydrogen) atoms. The summed E-state index contributed by atoms with van der Waals surface area (Å²) in [4.78, 5) is 0. The lowest BCUT2D eigenvalue weighted by Gasteiger charge is -2.03. The Morgan fingerprint density at radius 1 is 1.33 bits per heavy atom. The van der Waals surface area contributed by atoms with Gasteiger partial charge in [0.05, 0.1) is 0 Å². The first-order chi connectivity index (χ1) is 5.83. The van der Waals surface area contributed by atoms with E-state index in [1.807, 2.05) is 6.07 Å². The van der Waals surface area contributed by atoms with Crippen LogP contribution in [0.15, 0.2) is 30.3 Å². The molecule has 0 amide bonds. The topological polar surface area (TPSA) is 23.9 Å². The molecule has 0 spiro atoms. The van der Waals surface area contributed by atoms with Gasteiger partial charge in [-0.15, -0.1) is 0 Å². The van der Waals surface area contributed by atoms with E-state index in [2.05, 4.69) is 31.2 Å². The van der Waals surface area contributed by atoms with E-state index in [-0.39, 0.29) is 0 Å². The zero-order valence-electron chi connectivity index (χ0n) is 7.46. The molecule has 0 aliphatic carbocycles. The zero-order valence-corrected chi connectivity index (χ0v) is 7.46. The molecule has 0 saturated carbocycles. The van der Waals surface area contributed by atoms with Gasteiger partial charge in [0, 0.05) is 0 Å². The first-order valence-electron chi connectivity index (χ1n) is 4.37. The number of benzene rings is 1. The second-order valence-corrected chi connectivity index (χ2v) is 3.17. The fourth-order valence-electron chi connectivity index (χ4n) is 1.12. The highest BCUT2D eigenvalue weighted by Gasteiger charge is 1.97. The summed E-state index contributed by atoms with van der Waals surface area (Å²) in [5.74, 6) is 0.408. The van der Waals surface area contributed by atoms with Crippen molar-refractivity contribution in [2.75, 3.05) is 0 Å². The van der Waals surface area contributed by atoms with Crippen LogP contribution >= 0.6 is 0 Å². The fraction of sp³-hybridized carbons (Fsp3) is 0.364. The molecule has 0 bridgehead atoms. The number of aryl methyl sites for hydroxylation is 1. The van der Waals surface area contributed by atoms with Crippen molar-refractivity contribution in [3.05, 3.63) is 35.9 Å². The summed E-state index contributed by atoms with van der Waals surface area (Å²) in [6.45, 7) is 2.08. The van der Waals surface area contributed by atoms with Crippen molar-refractivity contribution in [1.82, 2.24) is 0 Å². The van der Waals surface area contributed by atoms with E-state index >= 15 is 0 Å². The highest BCUT2D eigenvalue weighted by atomic mass is 14.3. The number of hydrogen-bond donors (Lipinski definition) is 1. The molecule has 1 aromatic carbocycles. The first-order valence-corrected chi connectivity index (χ1v) is 4.37. The highest BCUT2D eigenvalue weighted by molar-refractivity contribution is 5.55. The third kappa shape index (κ3) is 2.87. The van der Waals surface area contributed by atoms with Gasteiger partial charge in [0.1, 0.15) is 0 Å². The molecule has 0 fully saturated rings. The average Bonchev–Trinajstić information content (AvgIpc) is 2.16.